The second kappa shape index (κ2) is 5.20. The number of nitrogens with two attached hydrogens (primary N) is 1. The third kappa shape index (κ3) is 3.33. The van der Waals surface area contributed by atoms with E-state index in [2.05, 4.69) is 53.2 Å². The summed E-state index contributed by atoms with van der Waals surface area (Å²) in [5.41, 5.74) is 7.88. The molecular weight excluding hydrogens is 226 g/mol. The third-order valence-electron chi connectivity index (χ3n) is 1.83. The fraction of sp³-hybridized carbons (Fsp3) is 0.273. The molecule has 0 spiro atoms. The van der Waals surface area contributed by atoms with Gasteiger partial charge in [0.1, 0.15) is 0 Å². The third-order valence-corrected chi connectivity index (χ3v) is 2.72. The lowest BCUT2D eigenvalue weighted by molar-refractivity contribution is 1.01. The van der Waals surface area contributed by atoms with Crippen LogP contribution >= 0.6 is 15.9 Å². The van der Waals surface area contributed by atoms with Crippen molar-refractivity contribution < 1.29 is 0 Å². The van der Waals surface area contributed by atoms with Crippen LogP contribution in [0.3, 0.4) is 0 Å². The van der Waals surface area contributed by atoms with E-state index in [9.17, 15) is 0 Å². The Labute approximate surface area is 87.8 Å². The Bertz CT molecular complexity index is 305. The van der Waals surface area contributed by atoms with Crippen LogP contribution in [0.1, 0.15) is 17.5 Å². The van der Waals surface area contributed by atoms with Crippen LogP contribution in [-0.4, -0.2) is 6.54 Å². The molecule has 13 heavy (non-hydrogen) atoms. The first-order valence-corrected chi connectivity index (χ1v) is 5.16. The second-order valence-corrected chi connectivity index (χ2v) is 3.84. The van der Waals surface area contributed by atoms with Crippen LogP contribution in [0.5, 0.6) is 0 Å². The highest BCUT2D eigenvalue weighted by molar-refractivity contribution is 9.10. The van der Waals surface area contributed by atoms with Gasteiger partial charge in [0.15, 0.2) is 0 Å². The molecule has 70 valence electrons. The smallest absolute Gasteiger partial charge is 0.0204 e. The van der Waals surface area contributed by atoms with E-state index in [1.807, 2.05) is 0 Å². The van der Waals surface area contributed by atoms with Gasteiger partial charge in [0.2, 0.25) is 0 Å². The van der Waals surface area contributed by atoms with E-state index in [0.717, 1.165) is 10.9 Å². The van der Waals surface area contributed by atoms with E-state index in [1.165, 1.54) is 11.1 Å². The molecule has 0 radical (unpaired) electrons. The molecule has 0 aromatic heterocycles. The van der Waals surface area contributed by atoms with Crippen molar-refractivity contribution in [3.05, 3.63) is 39.9 Å². The minimum absolute atomic E-state index is 0.714. The Balaban J connectivity index is 2.73. The predicted octanol–water partition coefficient (Wildman–Crippen LogP) is 3.12. The predicted molar refractivity (Wildman–Crippen MR) is 61.6 cm³/mol. The maximum absolute atomic E-state index is 5.39. The number of rotatable bonds is 3. The van der Waals surface area contributed by atoms with Crippen molar-refractivity contribution in [1.82, 2.24) is 0 Å². The Morgan fingerprint density at radius 2 is 2.23 bits per heavy atom. The Morgan fingerprint density at radius 3 is 2.85 bits per heavy atom. The molecule has 0 bridgehead atoms. The molecule has 1 rings (SSSR count). The number of hydrogen-bond donors (Lipinski definition) is 1. The molecule has 0 amide bonds. The van der Waals surface area contributed by atoms with Gasteiger partial charge in [0.25, 0.3) is 0 Å². The average molecular weight is 240 g/mol. The molecule has 1 aromatic carbocycles. The zero-order valence-corrected chi connectivity index (χ0v) is 9.34. The largest absolute Gasteiger partial charge is 0.330 e. The van der Waals surface area contributed by atoms with Gasteiger partial charge in [-0.15, -0.1) is 0 Å². The summed E-state index contributed by atoms with van der Waals surface area (Å²) in [6.07, 6.45) is 5.14. The molecular formula is C11H14BrN. The molecule has 0 heterocycles. The lowest BCUT2D eigenvalue weighted by Crippen LogP contribution is -1.94. The molecule has 1 aromatic rings. The molecule has 0 aliphatic heterocycles. The summed E-state index contributed by atoms with van der Waals surface area (Å²) in [7, 11) is 0. The summed E-state index contributed by atoms with van der Waals surface area (Å²) in [4.78, 5) is 0. The van der Waals surface area contributed by atoms with Gasteiger partial charge >= 0.3 is 0 Å². The maximum Gasteiger partial charge on any atom is 0.0204 e. The highest BCUT2D eigenvalue weighted by atomic mass is 79.9. The molecule has 0 fully saturated rings. The first-order chi connectivity index (χ1) is 6.24. The fourth-order valence-electron chi connectivity index (χ4n) is 1.09. The van der Waals surface area contributed by atoms with Crippen molar-refractivity contribution in [3.8, 4) is 0 Å². The number of benzene rings is 1. The number of aryl methyl sites for hydroxylation is 1. The molecule has 0 aliphatic rings. The lowest BCUT2D eigenvalue weighted by Gasteiger charge is -1.99. The summed E-state index contributed by atoms with van der Waals surface area (Å²) in [6, 6.07) is 6.30. The van der Waals surface area contributed by atoms with Crippen LogP contribution in [0.25, 0.3) is 6.08 Å². The molecule has 0 unspecified atom stereocenters. The number of halogens is 1. The van der Waals surface area contributed by atoms with E-state index in [4.69, 9.17) is 5.73 Å². The topological polar surface area (TPSA) is 26.0 Å². The summed E-state index contributed by atoms with van der Waals surface area (Å²) < 4.78 is 1.16. The van der Waals surface area contributed by atoms with Crippen LogP contribution in [-0.2, 0) is 0 Å². The van der Waals surface area contributed by atoms with Crippen LogP contribution in [0.15, 0.2) is 28.7 Å². The maximum atomic E-state index is 5.39. The highest BCUT2D eigenvalue weighted by Crippen LogP contribution is 2.17. The Hall–Kier alpha value is -0.600. The van der Waals surface area contributed by atoms with Crippen molar-refractivity contribution in [3.63, 3.8) is 0 Å². The minimum atomic E-state index is 0.714. The van der Waals surface area contributed by atoms with Crippen LogP contribution in [0, 0.1) is 6.92 Å². The van der Waals surface area contributed by atoms with Gasteiger partial charge in [-0.1, -0.05) is 40.2 Å². The molecule has 2 N–H and O–H groups in total. The summed E-state index contributed by atoms with van der Waals surface area (Å²) in [5.74, 6) is 0. The van der Waals surface area contributed by atoms with E-state index in [1.54, 1.807) is 0 Å². The van der Waals surface area contributed by atoms with E-state index >= 15 is 0 Å². The molecule has 0 saturated heterocycles. The van der Waals surface area contributed by atoms with Gasteiger partial charge in [-0.2, -0.15) is 0 Å². The monoisotopic (exact) mass is 239 g/mol. The first-order valence-electron chi connectivity index (χ1n) is 4.37. The summed E-state index contributed by atoms with van der Waals surface area (Å²) in [5, 5.41) is 0. The van der Waals surface area contributed by atoms with Gasteiger partial charge in [-0.25, -0.2) is 0 Å². The zero-order valence-electron chi connectivity index (χ0n) is 7.76. The molecule has 0 saturated carbocycles. The first kappa shape index (κ1) is 10.5. The molecule has 0 aliphatic carbocycles. The van der Waals surface area contributed by atoms with Crippen LogP contribution < -0.4 is 5.73 Å². The normalized spacial score (nSPS) is 11.0. The van der Waals surface area contributed by atoms with Crippen molar-refractivity contribution in [2.75, 3.05) is 6.54 Å². The SMILES string of the molecule is Cc1cc(/C=C/CCN)ccc1Br. The summed E-state index contributed by atoms with van der Waals surface area (Å²) >= 11 is 3.47. The number of hydrogen-bond acceptors (Lipinski definition) is 1. The van der Waals surface area contributed by atoms with Crippen LogP contribution in [0.4, 0.5) is 0 Å². The van der Waals surface area contributed by atoms with Crippen LogP contribution in [0.2, 0.25) is 0 Å². The van der Waals surface area contributed by atoms with E-state index < -0.39 is 0 Å². The van der Waals surface area contributed by atoms with E-state index in [-0.39, 0.29) is 0 Å². The van der Waals surface area contributed by atoms with Crippen molar-refractivity contribution >= 4 is 22.0 Å². The molecule has 0 atom stereocenters. The fourth-order valence-corrected chi connectivity index (χ4v) is 1.33. The van der Waals surface area contributed by atoms with Crippen molar-refractivity contribution in [2.24, 2.45) is 5.73 Å². The van der Waals surface area contributed by atoms with Gasteiger partial charge in [-0.3, -0.25) is 0 Å². The Morgan fingerprint density at radius 1 is 1.46 bits per heavy atom. The lowest BCUT2D eigenvalue weighted by atomic mass is 10.1. The van der Waals surface area contributed by atoms with E-state index in [0.29, 0.717) is 6.54 Å². The average Bonchev–Trinajstić information content (AvgIpc) is 2.12. The molecule has 1 nitrogen and oxygen atoms in total. The second-order valence-electron chi connectivity index (χ2n) is 2.99. The highest BCUT2D eigenvalue weighted by Gasteiger charge is 1.93. The Kier molecular flexibility index (Phi) is 4.19. The zero-order chi connectivity index (χ0) is 9.68. The standard InChI is InChI=1S/C11H14BrN/c1-9-8-10(4-2-3-7-13)5-6-11(9)12/h2,4-6,8H,3,7,13H2,1H3/b4-2+. The minimum Gasteiger partial charge on any atom is -0.330 e. The summed E-state index contributed by atoms with van der Waals surface area (Å²) in [6.45, 7) is 2.80. The van der Waals surface area contributed by atoms with Crippen molar-refractivity contribution in [2.45, 2.75) is 13.3 Å². The van der Waals surface area contributed by atoms with Gasteiger partial charge in [0.05, 0.1) is 0 Å². The van der Waals surface area contributed by atoms with Crippen molar-refractivity contribution in [1.29, 1.82) is 0 Å². The van der Waals surface area contributed by atoms with Gasteiger partial charge in [0, 0.05) is 4.47 Å². The molecule has 2 heteroatoms. The van der Waals surface area contributed by atoms with Gasteiger partial charge < -0.3 is 5.73 Å². The van der Waals surface area contributed by atoms with Gasteiger partial charge in [-0.05, 0) is 37.1 Å². The quantitative estimate of drug-likeness (QED) is 0.863.